The normalized spacial score (nSPS) is 17.4. The molecule has 0 bridgehead atoms. The number of hydrogen-bond donors (Lipinski definition) is 0. The highest BCUT2D eigenvalue weighted by molar-refractivity contribution is 6.44. The molecule has 8 heteroatoms. The Bertz CT molecular complexity index is 1270. The zero-order valence-corrected chi connectivity index (χ0v) is 20.0. The van der Waals surface area contributed by atoms with E-state index in [4.69, 9.17) is 14.2 Å². The van der Waals surface area contributed by atoms with E-state index in [2.05, 4.69) is 4.98 Å². The molecule has 8 nitrogen and oxygen atoms in total. The smallest absolute Gasteiger partial charge is 0.291 e. The van der Waals surface area contributed by atoms with Gasteiger partial charge in [0, 0.05) is 30.1 Å². The monoisotopic (exact) mass is 474 g/mol. The summed E-state index contributed by atoms with van der Waals surface area (Å²) in [5.74, 6) is -1.79. The quantitative estimate of drug-likeness (QED) is 0.280. The third-order valence-electron chi connectivity index (χ3n) is 6.21. The second-order valence-corrected chi connectivity index (χ2v) is 8.21. The Morgan fingerprint density at radius 3 is 2.43 bits per heavy atom. The number of amides is 1. The maximum atomic E-state index is 13.8. The molecule has 0 saturated carbocycles. The molecular formula is C27H26N2O6. The highest BCUT2D eigenvalue weighted by Gasteiger charge is 2.52. The van der Waals surface area contributed by atoms with Crippen molar-refractivity contribution in [2.45, 2.75) is 19.5 Å². The van der Waals surface area contributed by atoms with E-state index in [1.807, 2.05) is 6.07 Å². The van der Waals surface area contributed by atoms with E-state index in [-0.39, 0.29) is 6.54 Å². The number of nitrogens with zero attached hydrogens (tertiary/aromatic N) is 2. The molecule has 4 rings (SSSR count). The average Bonchev–Trinajstić information content (AvgIpc) is 3.13. The van der Waals surface area contributed by atoms with Crippen LogP contribution in [0.1, 0.15) is 33.1 Å². The third kappa shape index (κ3) is 4.35. The maximum Gasteiger partial charge on any atom is 0.291 e. The van der Waals surface area contributed by atoms with Crippen LogP contribution in [0.15, 0.2) is 60.9 Å². The van der Waals surface area contributed by atoms with E-state index in [1.165, 1.54) is 26.2 Å². The molecule has 2 unspecified atom stereocenters. The molecule has 0 N–H and O–H groups in total. The number of Topliss-reactive ketones (excluding diaryl/α,β-unsaturated/α-hetero) is 2. The first-order valence-corrected chi connectivity index (χ1v) is 11.0. The molecule has 2 heterocycles. The fourth-order valence-corrected chi connectivity index (χ4v) is 4.54. The van der Waals surface area contributed by atoms with E-state index in [9.17, 15) is 14.4 Å². The second-order valence-electron chi connectivity index (χ2n) is 8.21. The minimum atomic E-state index is -1.26. The van der Waals surface area contributed by atoms with Crippen LogP contribution >= 0.6 is 0 Å². The number of pyridine rings is 1. The molecule has 35 heavy (non-hydrogen) atoms. The first kappa shape index (κ1) is 23.9. The van der Waals surface area contributed by atoms with Crippen LogP contribution in [0.4, 0.5) is 0 Å². The summed E-state index contributed by atoms with van der Waals surface area (Å²) in [4.78, 5) is 46.0. The number of carbonyl (C=O) groups excluding carboxylic acids is 3. The topological polar surface area (TPSA) is 95.0 Å². The Hall–Kier alpha value is -4.20. The van der Waals surface area contributed by atoms with Crippen LogP contribution in [0.3, 0.4) is 0 Å². The lowest BCUT2D eigenvalue weighted by molar-refractivity contribution is -0.141. The average molecular weight is 475 g/mol. The van der Waals surface area contributed by atoms with Gasteiger partial charge in [-0.1, -0.05) is 18.2 Å². The Balaban J connectivity index is 1.87. The van der Waals surface area contributed by atoms with Crippen molar-refractivity contribution < 1.29 is 28.6 Å². The van der Waals surface area contributed by atoms with Crippen LogP contribution in [-0.2, 0) is 16.1 Å². The lowest BCUT2D eigenvalue weighted by Crippen LogP contribution is -2.31. The van der Waals surface area contributed by atoms with Crippen molar-refractivity contribution in [1.82, 2.24) is 9.88 Å². The van der Waals surface area contributed by atoms with Crippen LogP contribution in [0.25, 0.3) is 0 Å². The summed E-state index contributed by atoms with van der Waals surface area (Å²) in [6.45, 7) is 1.88. The van der Waals surface area contributed by atoms with Crippen LogP contribution in [0.2, 0.25) is 0 Å². The summed E-state index contributed by atoms with van der Waals surface area (Å²) in [6, 6.07) is 12.9. The van der Waals surface area contributed by atoms with Gasteiger partial charge in [-0.2, -0.15) is 0 Å². The number of likely N-dealkylation sites (tertiary alicyclic amines) is 1. The zero-order chi connectivity index (χ0) is 25.1. The zero-order valence-electron chi connectivity index (χ0n) is 20.0. The Labute approximate surface area is 203 Å². The van der Waals surface area contributed by atoms with Crippen LogP contribution in [0.5, 0.6) is 17.2 Å². The molecule has 1 fully saturated rings. The molecule has 0 aliphatic carbocycles. The molecule has 2 aromatic carbocycles. The fourth-order valence-electron chi connectivity index (χ4n) is 4.54. The van der Waals surface area contributed by atoms with Crippen LogP contribution < -0.4 is 14.2 Å². The lowest BCUT2D eigenvalue weighted by atomic mass is 9.84. The summed E-state index contributed by atoms with van der Waals surface area (Å²) < 4.78 is 16.3. The number of ether oxygens (including phenoxy) is 3. The van der Waals surface area contributed by atoms with Crippen molar-refractivity contribution in [2.75, 3.05) is 21.3 Å². The van der Waals surface area contributed by atoms with E-state index in [0.717, 1.165) is 5.56 Å². The number of aryl methyl sites for hydroxylation is 1. The van der Waals surface area contributed by atoms with Crippen molar-refractivity contribution in [2.24, 2.45) is 5.92 Å². The minimum absolute atomic E-state index is 0.106. The lowest BCUT2D eigenvalue weighted by Gasteiger charge is -2.29. The van der Waals surface area contributed by atoms with Gasteiger partial charge in [-0.15, -0.1) is 0 Å². The first-order chi connectivity index (χ1) is 16.9. The highest BCUT2D eigenvalue weighted by Crippen LogP contribution is 2.45. The number of hydrogen-bond acceptors (Lipinski definition) is 7. The van der Waals surface area contributed by atoms with Gasteiger partial charge >= 0.3 is 0 Å². The van der Waals surface area contributed by atoms with E-state index in [1.54, 1.807) is 61.8 Å². The standard InChI is InChI=1S/C27H26N2O6/c1-16-13-18(33-2)10-11-19(16)24(30)22-23(20-8-5-9-21(34-3)26(20)35-4)29(27(32)25(22)31)15-17-7-6-12-28-14-17/h5-14,22-23H,15H2,1-4H3. The van der Waals surface area contributed by atoms with E-state index < -0.39 is 29.4 Å². The Morgan fingerprint density at radius 2 is 1.80 bits per heavy atom. The minimum Gasteiger partial charge on any atom is -0.497 e. The number of benzene rings is 2. The van der Waals surface area contributed by atoms with Gasteiger partial charge in [0.2, 0.25) is 5.78 Å². The van der Waals surface area contributed by atoms with E-state index >= 15 is 0 Å². The van der Waals surface area contributed by atoms with Crippen molar-refractivity contribution in [3.8, 4) is 17.2 Å². The van der Waals surface area contributed by atoms with Gasteiger partial charge in [-0.3, -0.25) is 19.4 Å². The van der Waals surface area contributed by atoms with Gasteiger partial charge in [0.05, 0.1) is 27.4 Å². The molecular weight excluding hydrogens is 448 g/mol. The maximum absolute atomic E-state index is 13.8. The molecule has 0 spiro atoms. The molecule has 3 aromatic rings. The molecule has 1 aromatic heterocycles. The highest BCUT2D eigenvalue weighted by atomic mass is 16.5. The third-order valence-corrected chi connectivity index (χ3v) is 6.21. The predicted molar refractivity (Wildman–Crippen MR) is 128 cm³/mol. The van der Waals surface area contributed by atoms with Crippen molar-refractivity contribution in [3.63, 3.8) is 0 Å². The first-order valence-electron chi connectivity index (χ1n) is 11.0. The predicted octanol–water partition coefficient (Wildman–Crippen LogP) is 3.57. The summed E-state index contributed by atoms with van der Waals surface area (Å²) in [7, 11) is 4.52. The fraction of sp³-hybridized carbons (Fsp3) is 0.259. The Morgan fingerprint density at radius 1 is 1.00 bits per heavy atom. The van der Waals surface area contributed by atoms with Crippen molar-refractivity contribution in [3.05, 3.63) is 83.2 Å². The van der Waals surface area contributed by atoms with Crippen LogP contribution in [-0.4, -0.2) is 48.7 Å². The summed E-state index contributed by atoms with van der Waals surface area (Å²) in [6.07, 6.45) is 3.25. The second kappa shape index (κ2) is 9.97. The van der Waals surface area contributed by atoms with Gasteiger partial charge < -0.3 is 19.1 Å². The van der Waals surface area contributed by atoms with Gasteiger partial charge in [0.1, 0.15) is 11.7 Å². The van der Waals surface area contributed by atoms with Gasteiger partial charge in [-0.05, 0) is 48.4 Å². The van der Waals surface area contributed by atoms with Gasteiger partial charge in [-0.25, -0.2) is 0 Å². The molecule has 0 radical (unpaired) electrons. The van der Waals surface area contributed by atoms with Crippen molar-refractivity contribution >= 4 is 17.5 Å². The van der Waals surface area contributed by atoms with Crippen molar-refractivity contribution in [1.29, 1.82) is 0 Å². The number of methoxy groups -OCH3 is 3. The molecule has 1 aliphatic heterocycles. The summed E-state index contributed by atoms with van der Waals surface area (Å²) in [5.41, 5.74) is 2.25. The number of carbonyl (C=O) groups is 3. The van der Waals surface area contributed by atoms with Gasteiger partial charge in [0.15, 0.2) is 17.3 Å². The number of ketones is 2. The molecule has 1 amide bonds. The SMILES string of the molecule is COc1ccc(C(=O)C2C(=O)C(=O)N(Cc3cccnc3)C2c2cccc(OC)c2OC)c(C)c1. The molecule has 1 aliphatic rings. The number of aromatic nitrogens is 1. The largest absolute Gasteiger partial charge is 0.497 e. The van der Waals surface area contributed by atoms with E-state index in [0.29, 0.717) is 33.9 Å². The van der Waals surface area contributed by atoms with Gasteiger partial charge in [0.25, 0.3) is 5.91 Å². The van der Waals surface area contributed by atoms with Crippen LogP contribution in [0, 0.1) is 12.8 Å². The molecule has 180 valence electrons. The summed E-state index contributed by atoms with van der Waals surface area (Å²) >= 11 is 0. The Kier molecular flexibility index (Phi) is 6.82. The summed E-state index contributed by atoms with van der Waals surface area (Å²) in [5, 5.41) is 0. The molecule has 2 atom stereocenters. The number of para-hydroxylation sites is 1. The number of rotatable bonds is 8. The molecule has 1 saturated heterocycles.